The van der Waals surface area contributed by atoms with Gasteiger partial charge in [0.2, 0.25) is 0 Å². The van der Waals surface area contributed by atoms with Crippen LogP contribution >= 0.6 is 39.5 Å². The number of hydrogen-bond acceptors (Lipinski definition) is 3. The summed E-state index contributed by atoms with van der Waals surface area (Å²) in [4.78, 5) is 7.32. The van der Waals surface area contributed by atoms with Gasteiger partial charge in [-0.15, -0.1) is 11.3 Å². The molecule has 12 heavy (non-hydrogen) atoms. The topological polar surface area (TPSA) is 28.7 Å². The molecule has 1 N–H and O–H groups in total. The van der Waals surface area contributed by atoms with E-state index in [4.69, 9.17) is 12.2 Å². The van der Waals surface area contributed by atoms with Crippen molar-refractivity contribution >= 4 is 50.4 Å². The number of halogens is 1. The van der Waals surface area contributed by atoms with Crippen LogP contribution in [0.25, 0.3) is 10.9 Å². The number of fused-ring (bicyclic) bond motifs is 1. The largest absolute Gasteiger partial charge is 0.342 e. The Labute approximate surface area is 86.8 Å². The molecular weight excluding hydrogens is 256 g/mol. The van der Waals surface area contributed by atoms with Gasteiger partial charge in [-0.1, -0.05) is 12.2 Å². The smallest absolute Gasteiger partial charge is 0.138 e. The van der Waals surface area contributed by atoms with Gasteiger partial charge in [0.25, 0.3) is 0 Å². The Hall–Kier alpha value is -0.260. The van der Waals surface area contributed by atoms with Crippen molar-refractivity contribution in [2.75, 3.05) is 0 Å². The zero-order valence-corrected chi connectivity index (χ0v) is 9.44. The van der Waals surface area contributed by atoms with E-state index in [2.05, 4.69) is 25.9 Å². The first kappa shape index (κ1) is 8.34. The molecule has 0 aromatic carbocycles. The van der Waals surface area contributed by atoms with E-state index in [-0.39, 0.29) is 0 Å². The minimum atomic E-state index is 0.670. The number of thiophene rings is 1. The van der Waals surface area contributed by atoms with Crippen molar-refractivity contribution in [1.82, 2.24) is 9.97 Å². The number of H-pyrrole nitrogens is 1. The van der Waals surface area contributed by atoms with E-state index in [1.807, 2.05) is 12.3 Å². The Bertz CT molecular complexity index is 486. The van der Waals surface area contributed by atoms with E-state index in [9.17, 15) is 0 Å². The highest BCUT2D eigenvalue weighted by Gasteiger charge is 2.03. The zero-order valence-electron chi connectivity index (χ0n) is 6.22. The molecule has 0 aliphatic carbocycles. The number of rotatable bonds is 0. The molecule has 0 saturated heterocycles. The second kappa shape index (κ2) is 2.90. The molecule has 0 aliphatic rings. The Morgan fingerprint density at radius 2 is 2.42 bits per heavy atom. The van der Waals surface area contributed by atoms with Crippen LogP contribution in [-0.2, 0) is 0 Å². The maximum Gasteiger partial charge on any atom is 0.138 e. The van der Waals surface area contributed by atoms with Gasteiger partial charge in [-0.25, -0.2) is 4.98 Å². The van der Waals surface area contributed by atoms with Gasteiger partial charge in [0.15, 0.2) is 0 Å². The molecule has 2 aromatic heterocycles. The molecule has 62 valence electrons. The number of aromatic nitrogens is 2. The van der Waals surface area contributed by atoms with Crippen molar-refractivity contribution in [3.8, 4) is 0 Å². The van der Waals surface area contributed by atoms with Crippen molar-refractivity contribution < 1.29 is 0 Å². The van der Waals surface area contributed by atoms with Crippen molar-refractivity contribution in [2.24, 2.45) is 0 Å². The lowest BCUT2D eigenvalue weighted by atomic mass is 10.4. The summed E-state index contributed by atoms with van der Waals surface area (Å²) < 4.78 is 1.75. The standard InChI is InChI=1S/C7H5BrN2S2/c1-3-9-5-4(7(11)10-3)2-12-6(5)8/h2H,1H3,(H,9,10,11). The minimum Gasteiger partial charge on any atom is -0.342 e. The number of nitrogens with zero attached hydrogens (tertiary/aromatic N) is 1. The molecule has 0 bridgehead atoms. The lowest BCUT2D eigenvalue weighted by Crippen LogP contribution is -1.87. The Morgan fingerprint density at radius 1 is 1.67 bits per heavy atom. The van der Waals surface area contributed by atoms with Gasteiger partial charge in [-0.05, 0) is 22.9 Å². The van der Waals surface area contributed by atoms with Gasteiger partial charge in [0.1, 0.15) is 10.5 Å². The predicted octanol–water partition coefficient (Wildman–Crippen LogP) is 3.42. The van der Waals surface area contributed by atoms with Crippen LogP contribution in [0, 0.1) is 11.6 Å². The maximum absolute atomic E-state index is 5.11. The third-order valence-electron chi connectivity index (χ3n) is 1.55. The summed E-state index contributed by atoms with van der Waals surface area (Å²) >= 11 is 10.2. The molecular formula is C7H5BrN2S2. The molecule has 2 nitrogen and oxygen atoms in total. The quantitative estimate of drug-likeness (QED) is 0.736. The molecule has 2 rings (SSSR count). The molecule has 2 heterocycles. The minimum absolute atomic E-state index is 0.670. The van der Waals surface area contributed by atoms with Crippen LogP contribution < -0.4 is 0 Å². The maximum atomic E-state index is 5.11. The van der Waals surface area contributed by atoms with Crippen LogP contribution in [0.3, 0.4) is 0 Å². The van der Waals surface area contributed by atoms with Crippen molar-refractivity contribution in [2.45, 2.75) is 6.92 Å². The number of aromatic amines is 1. The molecule has 0 aliphatic heterocycles. The Morgan fingerprint density at radius 3 is 3.17 bits per heavy atom. The van der Waals surface area contributed by atoms with Gasteiger partial charge < -0.3 is 4.98 Å². The highest BCUT2D eigenvalue weighted by Crippen LogP contribution is 2.29. The molecule has 5 heteroatoms. The molecule has 2 aromatic rings. The molecule has 0 radical (unpaired) electrons. The third kappa shape index (κ3) is 1.22. The molecule has 0 saturated carbocycles. The second-order valence-electron chi connectivity index (χ2n) is 2.43. The fourth-order valence-electron chi connectivity index (χ4n) is 1.03. The zero-order chi connectivity index (χ0) is 8.72. The van der Waals surface area contributed by atoms with Crippen LogP contribution in [0.2, 0.25) is 0 Å². The summed E-state index contributed by atoms with van der Waals surface area (Å²) in [5, 5.41) is 3.03. The number of hydrogen-bond donors (Lipinski definition) is 1. The van der Waals surface area contributed by atoms with Gasteiger partial charge in [-0.2, -0.15) is 0 Å². The summed E-state index contributed by atoms with van der Waals surface area (Å²) in [7, 11) is 0. The van der Waals surface area contributed by atoms with Crippen molar-refractivity contribution in [3.63, 3.8) is 0 Å². The summed E-state index contributed by atoms with van der Waals surface area (Å²) in [6.45, 7) is 1.90. The van der Waals surface area contributed by atoms with Crippen LogP contribution in [0.15, 0.2) is 9.17 Å². The number of aryl methyl sites for hydroxylation is 1. The lowest BCUT2D eigenvalue weighted by Gasteiger charge is -1.94. The molecule has 0 spiro atoms. The van der Waals surface area contributed by atoms with Crippen molar-refractivity contribution in [3.05, 3.63) is 19.6 Å². The van der Waals surface area contributed by atoms with Gasteiger partial charge in [0, 0.05) is 10.8 Å². The van der Waals surface area contributed by atoms with Gasteiger partial charge >= 0.3 is 0 Å². The van der Waals surface area contributed by atoms with E-state index in [0.717, 1.165) is 20.5 Å². The SMILES string of the molecule is Cc1nc(=S)c2csc(Br)c2[nH]1. The molecule has 0 unspecified atom stereocenters. The summed E-state index contributed by atoms with van der Waals surface area (Å²) in [5.41, 5.74) is 1.05. The molecule has 0 fully saturated rings. The van der Waals surface area contributed by atoms with Crippen LogP contribution in [0.1, 0.15) is 5.82 Å². The fraction of sp³-hybridized carbons (Fsp3) is 0.143. The first-order valence-electron chi connectivity index (χ1n) is 3.32. The Kier molecular flexibility index (Phi) is 2.02. The van der Waals surface area contributed by atoms with Crippen LogP contribution in [0.4, 0.5) is 0 Å². The highest BCUT2D eigenvalue weighted by atomic mass is 79.9. The van der Waals surface area contributed by atoms with Gasteiger partial charge in [-0.3, -0.25) is 0 Å². The van der Waals surface area contributed by atoms with Gasteiger partial charge in [0.05, 0.1) is 9.30 Å². The van der Waals surface area contributed by atoms with E-state index < -0.39 is 0 Å². The first-order valence-corrected chi connectivity index (χ1v) is 5.40. The normalized spacial score (nSPS) is 10.8. The first-order chi connectivity index (χ1) is 5.68. The van der Waals surface area contributed by atoms with E-state index >= 15 is 0 Å². The predicted molar refractivity (Wildman–Crippen MR) is 57.2 cm³/mol. The van der Waals surface area contributed by atoms with Crippen LogP contribution in [0.5, 0.6) is 0 Å². The average Bonchev–Trinajstić information content (AvgIpc) is 2.33. The van der Waals surface area contributed by atoms with E-state index in [0.29, 0.717) is 4.64 Å². The number of nitrogens with one attached hydrogen (secondary N) is 1. The van der Waals surface area contributed by atoms with E-state index in [1.165, 1.54) is 0 Å². The highest BCUT2D eigenvalue weighted by molar-refractivity contribution is 9.11. The fourth-order valence-corrected chi connectivity index (χ4v) is 2.72. The summed E-state index contributed by atoms with van der Waals surface area (Å²) in [6.07, 6.45) is 0. The second-order valence-corrected chi connectivity index (χ2v) is 5.01. The summed E-state index contributed by atoms with van der Waals surface area (Å²) in [5.74, 6) is 0.853. The Balaban J connectivity index is 3.03. The lowest BCUT2D eigenvalue weighted by molar-refractivity contribution is 1.08. The molecule has 0 amide bonds. The monoisotopic (exact) mass is 260 g/mol. The third-order valence-corrected chi connectivity index (χ3v) is 3.58. The summed E-state index contributed by atoms with van der Waals surface area (Å²) in [6, 6.07) is 0. The van der Waals surface area contributed by atoms with Crippen molar-refractivity contribution in [1.29, 1.82) is 0 Å². The average molecular weight is 261 g/mol. The van der Waals surface area contributed by atoms with E-state index in [1.54, 1.807) is 11.3 Å². The molecule has 0 atom stereocenters. The van der Waals surface area contributed by atoms with Crippen LogP contribution in [-0.4, -0.2) is 9.97 Å².